The quantitative estimate of drug-likeness (QED) is 0.224. The molecule has 0 unspecified atom stereocenters. The van der Waals surface area contributed by atoms with Gasteiger partial charge in [-0.3, -0.25) is 9.36 Å². The van der Waals surface area contributed by atoms with Gasteiger partial charge in [-0.05, 0) is 42.0 Å². The molecule has 0 spiro atoms. The molecule has 0 bridgehead atoms. The summed E-state index contributed by atoms with van der Waals surface area (Å²) in [5.74, 6) is 0.455. The van der Waals surface area contributed by atoms with E-state index in [0.717, 1.165) is 28.6 Å². The van der Waals surface area contributed by atoms with Gasteiger partial charge in [0.15, 0.2) is 5.16 Å². The van der Waals surface area contributed by atoms with E-state index in [1.807, 2.05) is 36.4 Å². The Labute approximate surface area is 195 Å². The predicted octanol–water partition coefficient (Wildman–Crippen LogP) is 6.83. The van der Waals surface area contributed by atoms with Gasteiger partial charge in [0.05, 0.1) is 11.3 Å². The van der Waals surface area contributed by atoms with Crippen molar-refractivity contribution in [1.82, 2.24) is 14.5 Å². The van der Waals surface area contributed by atoms with Crippen molar-refractivity contribution < 1.29 is 13.2 Å². The average Bonchev–Trinajstić information content (AvgIpc) is 3.17. The molecule has 1 N–H and O–H groups in total. The van der Waals surface area contributed by atoms with E-state index in [1.165, 1.54) is 28.5 Å². The van der Waals surface area contributed by atoms with Gasteiger partial charge in [0.25, 0.3) is 5.56 Å². The fraction of sp³-hybridized carbons (Fsp3) is 0.0833. The molecule has 9 heteroatoms. The molecule has 2 heterocycles. The maximum absolute atomic E-state index is 13.5. The first-order valence-corrected chi connectivity index (χ1v) is 11.3. The number of nitrogens with one attached hydrogen (secondary N) is 1. The lowest BCUT2D eigenvalue weighted by molar-refractivity contribution is -0.137. The Morgan fingerprint density at radius 3 is 2.52 bits per heavy atom. The molecule has 0 aliphatic carbocycles. The van der Waals surface area contributed by atoms with Gasteiger partial charge >= 0.3 is 6.18 Å². The molecule has 0 atom stereocenters. The Balaban J connectivity index is 1.71. The van der Waals surface area contributed by atoms with E-state index in [4.69, 9.17) is 16.6 Å². The Morgan fingerprint density at radius 1 is 1.00 bits per heavy atom. The number of aromatic amines is 1. The van der Waals surface area contributed by atoms with Crippen molar-refractivity contribution >= 4 is 45.3 Å². The molecule has 0 saturated heterocycles. The summed E-state index contributed by atoms with van der Waals surface area (Å²) in [6, 6.07) is 19.3. The first kappa shape index (κ1) is 21.6. The molecule has 5 rings (SSSR count). The summed E-state index contributed by atoms with van der Waals surface area (Å²) in [7, 11) is 0. The van der Waals surface area contributed by atoms with Gasteiger partial charge in [0, 0.05) is 21.7 Å². The largest absolute Gasteiger partial charge is 0.416 e. The molecule has 0 saturated carbocycles. The maximum atomic E-state index is 13.5. The smallest absolute Gasteiger partial charge is 0.349 e. The molecule has 166 valence electrons. The molecule has 0 amide bonds. The van der Waals surface area contributed by atoms with Crippen LogP contribution in [0.1, 0.15) is 11.1 Å². The van der Waals surface area contributed by atoms with Crippen LogP contribution in [-0.4, -0.2) is 14.5 Å². The van der Waals surface area contributed by atoms with Gasteiger partial charge in [-0.2, -0.15) is 13.2 Å². The van der Waals surface area contributed by atoms with E-state index in [1.54, 1.807) is 12.1 Å². The number of fused-ring (bicyclic) bond motifs is 3. The molecule has 5 aromatic rings. The van der Waals surface area contributed by atoms with Crippen LogP contribution in [0.2, 0.25) is 5.02 Å². The summed E-state index contributed by atoms with van der Waals surface area (Å²) in [6.45, 7) is 0. The SMILES string of the molecule is O=c1c2[nH]c3ccccc3c2nc(SCc2ccc(Cl)cc2)n1-c1cccc(C(F)(F)F)c1. The first-order chi connectivity index (χ1) is 15.8. The zero-order chi connectivity index (χ0) is 23.2. The third-order valence-corrected chi connectivity index (χ3v) is 6.47. The lowest BCUT2D eigenvalue weighted by Crippen LogP contribution is -2.22. The minimum absolute atomic E-state index is 0.0986. The number of thioether (sulfide) groups is 1. The molecule has 0 aliphatic heterocycles. The first-order valence-electron chi connectivity index (χ1n) is 9.89. The second-order valence-electron chi connectivity index (χ2n) is 7.39. The van der Waals surface area contributed by atoms with E-state index in [-0.39, 0.29) is 11.2 Å². The Bertz CT molecular complexity index is 1540. The number of rotatable bonds is 4. The zero-order valence-electron chi connectivity index (χ0n) is 16.9. The molecule has 0 aliphatic rings. The van der Waals surface area contributed by atoms with Crippen molar-refractivity contribution in [2.24, 2.45) is 0 Å². The zero-order valence-corrected chi connectivity index (χ0v) is 18.4. The molecule has 4 nitrogen and oxygen atoms in total. The summed E-state index contributed by atoms with van der Waals surface area (Å²) in [6.07, 6.45) is -4.53. The second-order valence-corrected chi connectivity index (χ2v) is 8.77. The van der Waals surface area contributed by atoms with Crippen molar-refractivity contribution in [1.29, 1.82) is 0 Å². The number of hydrogen-bond acceptors (Lipinski definition) is 3. The normalized spacial score (nSPS) is 12.0. The van der Waals surface area contributed by atoms with Crippen LogP contribution in [0, 0.1) is 0 Å². The van der Waals surface area contributed by atoms with E-state index in [0.29, 0.717) is 21.4 Å². The van der Waals surface area contributed by atoms with Crippen LogP contribution in [0.4, 0.5) is 13.2 Å². The van der Waals surface area contributed by atoms with E-state index in [2.05, 4.69) is 4.98 Å². The standard InChI is InChI=1S/C24H15ClF3N3OS/c25-16-10-8-14(9-11-16)13-33-23-30-20-18-6-1-2-7-19(18)29-21(20)22(32)31(23)17-5-3-4-15(12-17)24(26,27)28/h1-12,29H,13H2. The lowest BCUT2D eigenvalue weighted by Gasteiger charge is -2.14. The number of para-hydroxylation sites is 1. The van der Waals surface area contributed by atoms with Gasteiger partial charge in [0.2, 0.25) is 0 Å². The van der Waals surface area contributed by atoms with Crippen molar-refractivity contribution in [2.45, 2.75) is 17.1 Å². The van der Waals surface area contributed by atoms with Crippen molar-refractivity contribution in [2.75, 3.05) is 0 Å². The van der Waals surface area contributed by atoms with Crippen molar-refractivity contribution in [3.8, 4) is 5.69 Å². The molecule has 0 radical (unpaired) electrons. The number of H-pyrrole nitrogens is 1. The average molecular weight is 486 g/mol. The lowest BCUT2D eigenvalue weighted by atomic mass is 10.2. The Kier molecular flexibility index (Phi) is 5.42. The summed E-state index contributed by atoms with van der Waals surface area (Å²) < 4.78 is 41.3. The minimum Gasteiger partial charge on any atom is -0.349 e. The Hall–Kier alpha value is -3.23. The van der Waals surface area contributed by atoms with E-state index >= 15 is 0 Å². The third-order valence-electron chi connectivity index (χ3n) is 5.21. The highest BCUT2D eigenvalue weighted by Gasteiger charge is 2.31. The van der Waals surface area contributed by atoms with Gasteiger partial charge in [-0.25, -0.2) is 4.98 Å². The topological polar surface area (TPSA) is 50.7 Å². The highest BCUT2D eigenvalue weighted by atomic mass is 35.5. The molecular formula is C24H15ClF3N3OS. The maximum Gasteiger partial charge on any atom is 0.416 e. The highest BCUT2D eigenvalue weighted by molar-refractivity contribution is 7.98. The molecule has 2 aromatic heterocycles. The van der Waals surface area contributed by atoms with Gasteiger partial charge in [-0.15, -0.1) is 0 Å². The van der Waals surface area contributed by atoms with Gasteiger partial charge in [-0.1, -0.05) is 59.8 Å². The molecule has 3 aromatic carbocycles. The van der Waals surface area contributed by atoms with Crippen LogP contribution in [0.15, 0.2) is 82.7 Å². The number of benzene rings is 3. The monoisotopic (exact) mass is 485 g/mol. The van der Waals surface area contributed by atoms with Crippen LogP contribution < -0.4 is 5.56 Å². The number of hydrogen-bond donors (Lipinski definition) is 1. The van der Waals surface area contributed by atoms with Crippen LogP contribution in [0.5, 0.6) is 0 Å². The fourth-order valence-electron chi connectivity index (χ4n) is 3.62. The van der Waals surface area contributed by atoms with E-state index < -0.39 is 17.3 Å². The summed E-state index contributed by atoms with van der Waals surface area (Å²) in [5.41, 5.74) is 1.19. The van der Waals surface area contributed by atoms with E-state index in [9.17, 15) is 18.0 Å². The van der Waals surface area contributed by atoms with Crippen LogP contribution in [0.3, 0.4) is 0 Å². The Morgan fingerprint density at radius 2 is 1.76 bits per heavy atom. The van der Waals surface area contributed by atoms with Gasteiger partial charge < -0.3 is 4.98 Å². The summed E-state index contributed by atoms with van der Waals surface area (Å²) in [4.78, 5) is 21.3. The van der Waals surface area contributed by atoms with Crippen molar-refractivity contribution in [3.63, 3.8) is 0 Å². The number of halogens is 4. The highest BCUT2D eigenvalue weighted by Crippen LogP contribution is 2.32. The number of nitrogens with zero attached hydrogens (tertiary/aromatic N) is 2. The third kappa shape index (κ3) is 4.12. The molecule has 0 fully saturated rings. The van der Waals surface area contributed by atoms with Gasteiger partial charge in [0.1, 0.15) is 11.0 Å². The number of aromatic nitrogens is 3. The molecular weight excluding hydrogens is 471 g/mol. The summed E-state index contributed by atoms with van der Waals surface area (Å²) >= 11 is 7.22. The molecule has 33 heavy (non-hydrogen) atoms. The summed E-state index contributed by atoms with van der Waals surface area (Å²) in [5, 5.41) is 1.67. The minimum atomic E-state index is -4.53. The fourth-order valence-corrected chi connectivity index (χ4v) is 4.70. The number of alkyl halides is 3. The van der Waals surface area contributed by atoms with Crippen LogP contribution in [0.25, 0.3) is 27.6 Å². The second kappa shape index (κ2) is 8.28. The van der Waals surface area contributed by atoms with Crippen LogP contribution in [-0.2, 0) is 11.9 Å². The van der Waals surface area contributed by atoms with Crippen molar-refractivity contribution in [3.05, 3.63) is 99.3 Å². The van der Waals surface area contributed by atoms with Crippen LogP contribution >= 0.6 is 23.4 Å². The predicted molar refractivity (Wildman–Crippen MR) is 125 cm³/mol.